The molecule has 0 N–H and O–H groups in total. The largest absolute Gasteiger partial charge is 0.237 e. The maximum absolute atomic E-state index is 13.1. The van der Waals surface area contributed by atoms with Gasteiger partial charge in [-0.2, -0.15) is 4.39 Å². The van der Waals surface area contributed by atoms with Crippen molar-refractivity contribution in [1.29, 1.82) is 0 Å². The zero-order valence-corrected chi connectivity index (χ0v) is 8.20. The quantitative estimate of drug-likeness (QED) is 0.654. The fourth-order valence-electron chi connectivity index (χ4n) is 2.82. The van der Waals surface area contributed by atoms with E-state index < -0.39 is 5.95 Å². The maximum atomic E-state index is 13.1. The summed E-state index contributed by atoms with van der Waals surface area (Å²) in [6, 6.07) is 1.40. The minimum Gasteiger partial charge on any atom is -0.237 e. The molecular weight excluding hydrogens is 193 g/mol. The van der Waals surface area contributed by atoms with Gasteiger partial charge in [-0.15, -0.1) is 5.10 Å². The summed E-state index contributed by atoms with van der Waals surface area (Å²) in [6.45, 7) is 0. The van der Waals surface area contributed by atoms with Crippen LogP contribution in [-0.4, -0.2) is 14.6 Å². The van der Waals surface area contributed by atoms with Crippen LogP contribution in [0, 0.1) is 5.95 Å². The molecule has 3 nitrogen and oxygen atoms in total. The van der Waals surface area contributed by atoms with E-state index in [1.54, 1.807) is 4.52 Å². The molecule has 2 aromatic heterocycles. The van der Waals surface area contributed by atoms with Crippen molar-refractivity contribution in [3.05, 3.63) is 29.5 Å². The summed E-state index contributed by atoms with van der Waals surface area (Å²) < 4.78 is 14.8. The summed E-state index contributed by atoms with van der Waals surface area (Å²) in [5.41, 5.74) is 3.42. The van der Waals surface area contributed by atoms with Gasteiger partial charge in [0.05, 0.1) is 5.69 Å². The highest BCUT2D eigenvalue weighted by atomic mass is 19.1. The van der Waals surface area contributed by atoms with Gasteiger partial charge in [-0.25, -0.2) is 9.50 Å². The van der Waals surface area contributed by atoms with Gasteiger partial charge in [0.1, 0.15) is 0 Å². The molecule has 4 rings (SSSR count). The van der Waals surface area contributed by atoms with E-state index in [1.807, 2.05) is 6.20 Å². The molecule has 4 heteroatoms. The first-order valence-electron chi connectivity index (χ1n) is 5.32. The molecule has 0 aromatic carbocycles. The fraction of sp³-hybridized carbons (Fsp3) is 0.455. The number of hydrogen-bond donors (Lipinski definition) is 0. The number of rotatable bonds is 0. The van der Waals surface area contributed by atoms with Crippen LogP contribution in [0.4, 0.5) is 4.39 Å². The fourth-order valence-corrected chi connectivity index (χ4v) is 2.82. The Hall–Kier alpha value is -1.45. The number of aromatic nitrogens is 3. The van der Waals surface area contributed by atoms with Gasteiger partial charge in [-0.05, 0) is 31.2 Å². The second-order valence-corrected chi connectivity index (χ2v) is 4.65. The third kappa shape index (κ3) is 0.850. The van der Waals surface area contributed by atoms with E-state index in [2.05, 4.69) is 10.1 Å². The van der Waals surface area contributed by atoms with E-state index in [9.17, 15) is 4.39 Å². The first-order chi connectivity index (χ1) is 7.28. The number of nitrogens with zero attached hydrogens (tertiary/aromatic N) is 3. The lowest BCUT2D eigenvalue weighted by atomic mass is 10.1. The van der Waals surface area contributed by atoms with Crippen molar-refractivity contribution in [3.63, 3.8) is 0 Å². The molecule has 0 amide bonds. The third-order valence-corrected chi connectivity index (χ3v) is 3.76. The first-order valence-corrected chi connectivity index (χ1v) is 5.32. The lowest BCUT2D eigenvalue weighted by molar-refractivity contribution is 0.558. The molecule has 0 saturated heterocycles. The van der Waals surface area contributed by atoms with Crippen molar-refractivity contribution < 1.29 is 4.39 Å². The zero-order chi connectivity index (χ0) is 10.0. The van der Waals surface area contributed by atoms with Crippen molar-refractivity contribution in [3.8, 4) is 0 Å². The number of halogens is 1. The summed E-state index contributed by atoms with van der Waals surface area (Å²) in [5, 5.41) is 3.91. The summed E-state index contributed by atoms with van der Waals surface area (Å²) >= 11 is 0. The third-order valence-electron chi connectivity index (χ3n) is 3.76. The lowest BCUT2D eigenvalue weighted by Gasteiger charge is -2.09. The van der Waals surface area contributed by atoms with Gasteiger partial charge in [0.2, 0.25) is 5.95 Å². The Labute approximate surface area is 85.9 Å². The minimum atomic E-state index is -0.432. The standard InChI is InChI=1S/C11H10FN3/c12-8-5-9-13-6-7-1-2-11(3-4-11)10(7)15(9)14-8/h5-6H,1-4H2. The molecule has 76 valence electrons. The molecule has 0 atom stereocenters. The number of hydrogen-bond acceptors (Lipinski definition) is 2. The van der Waals surface area contributed by atoms with Crippen LogP contribution in [-0.2, 0) is 11.8 Å². The molecule has 15 heavy (non-hydrogen) atoms. The van der Waals surface area contributed by atoms with Gasteiger partial charge >= 0.3 is 0 Å². The highest BCUT2D eigenvalue weighted by Crippen LogP contribution is 2.56. The molecule has 0 radical (unpaired) electrons. The van der Waals surface area contributed by atoms with Crippen molar-refractivity contribution in [2.45, 2.75) is 31.1 Å². The molecule has 0 bridgehead atoms. The topological polar surface area (TPSA) is 30.2 Å². The van der Waals surface area contributed by atoms with Gasteiger partial charge < -0.3 is 0 Å². The smallest absolute Gasteiger partial charge is 0.235 e. The Morgan fingerprint density at radius 1 is 1.33 bits per heavy atom. The molecule has 2 aromatic rings. The van der Waals surface area contributed by atoms with Gasteiger partial charge in [-0.3, -0.25) is 0 Å². The average Bonchev–Trinajstić information content (AvgIpc) is 2.73. The highest BCUT2D eigenvalue weighted by Gasteiger charge is 2.50. The van der Waals surface area contributed by atoms with Crippen LogP contribution in [0.5, 0.6) is 0 Å². The Morgan fingerprint density at radius 2 is 2.20 bits per heavy atom. The molecule has 1 fully saturated rings. The zero-order valence-electron chi connectivity index (χ0n) is 8.20. The number of fused-ring (bicyclic) bond motifs is 4. The Bertz CT molecular complexity index is 568. The second-order valence-electron chi connectivity index (χ2n) is 4.65. The van der Waals surface area contributed by atoms with Crippen LogP contribution in [0.25, 0.3) is 5.65 Å². The van der Waals surface area contributed by atoms with Crippen molar-refractivity contribution >= 4 is 5.65 Å². The Kier molecular flexibility index (Phi) is 1.15. The molecule has 2 aliphatic carbocycles. The molecule has 1 saturated carbocycles. The maximum Gasteiger partial charge on any atom is 0.235 e. The predicted octanol–water partition coefficient (Wildman–Crippen LogP) is 1.85. The van der Waals surface area contributed by atoms with E-state index in [0.717, 1.165) is 6.42 Å². The predicted molar refractivity (Wildman–Crippen MR) is 52.2 cm³/mol. The normalized spacial score (nSPS) is 21.1. The van der Waals surface area contributed by atoms with Crippen LogP contribution in [0.3, 0.4) is 0 Å². The molecular formula is C11H10FN3. The summed E-state index contributed by atoms with van der Waals surface area (Å²) in [4.78, 5) is 4.23. The van der Waals surface area contributed by atoms with Crippen LogP contribution in [0.15, 0.2) is 12.3 Å². The van der Waals surface area contributed by atoms with E-state index in [-0.39, 0.29) is 0 Å². The monoisotopic (exact) mass is 203 g/mol. The Balaban J connectivity index is 2.14. The van der Waals surface area contributed by atoms with Gasteiger partial charge in [0.25, 0.3) is 0 Å². The lowest BCUT2D eigenvalue weighted by Crippen LogP contribution is -2.09. The van der Waals surface area contributed by atoms with E-state index in [4.69, 9.17) is 0 Å². The van der Waals surface area contributed by atoms with Gasteiger partial charge in [-0.1, -0.05) is 0 Å². The molecule has 2 aliphatic rings. The van der Waals surface area contributed by atoms with Crippen LogP contribution < -0.4 is 0 Å². The Morgan fingerprint density at radius 3 is 3.00 bits per heavy atom. The van der Waals surface area contributed by atoms with E-state index >= 15 is 0 Å². The van der Waals surface area contributed by atoms with Crippen LogP contribution >= 0.6 is 0 Å². The molecule has 2 heterocycles. The average molecular weight is 203 g/mol. The summed E-state index contributed by atoms with van der Waals surface area (Å²) in [6.07, 6.45) is 6.59. The van der Waals surface area contributed by atoms with Crippen molar-refractivity contribution in [2.75, 3.05) is 0 Å². The van der Waals surface area contributed by atoms with Gasteiger partial charge in [0.15, 0.2) is 5.65 Å². The molecule has 1 spiro atoms. The molecule has 0 aliphatic heterocycles. The van der Waals surface area contributed by atoms with Crippen LogP contribution in [0.2, 0.25) is 0 Å². The minimum absolute atomic E-state index is 0.314. The SMILES string of the molecule is Fc1cc2ncc3c(n2n1)C1(CC3)CC1. The number of aryl methyl sites for hydroxylation is 1. The van der Waals surface area contributed by atoms with E-state index in [0.29, 0.717) is 11.1 Å². The summed E-state index contributed by atoms with van der Waals surface area (Å²) in [5.74, 6) is -0.432. The van der Waals surface area contributed by atoms with Crippen molar-refractivity contribution in [2.24, 2.45) is 0 Å². The van der Waals surface area contributed by atoms with Crippen molar-refractivity contribution in [1.82, 2.24) is 14.6 Å². The van der Waals surface area contributed by atoms with E-state index in [1.165, 1.54) is 36.6 Å². The first kappa shape index (κ1) is 7.79. The van der Waals surface area contributed by atoms with Gasteiger partial charge in [0, 0.05) is 17.7 Å². The van der Waals surface area contributed by atoms with Crippen LogP contribution in [0.1, 0.15) is 30.5 Å². The highest BCUT2D eigenvalue weighted by molar-refractivity contribution is 5.46. The molecule has 0 unspecified atom stereocenters. The second kappa shape index (κ2) is 2.21. The summed E-state index contributed by atoms with van der Waals surface area (Å²) in [7, 11) is 0.